The van der Waals surface area contributed by atoms with Crippen molar-refractivity contribution in [3.63, 3.8) is 0 Å². The third-order valence-electron chi connectivity index (χ3n) is 22.6. The van der Waals surface area contributed by atoms with Crippen molar-refractivity contribution in [3.05, 3.63) is 322 Å². The molecule has 143 heavy (non-hydrogen) atoms. The van der Waals surface area contributed by atoms with Gasteiger partial charge in [-0.25, -0.2) is 13.2 Å². The normalized spacial score (nSPS) is 11.9. The molecule has 0 saturated heterocycles. The molecule has 0 fully saturated rings. The number of Topliss-reactive ketones (excluding diaryl/α,β-unsaturated/α-hetero) is 3. The monoisotopic (exact) mass is 2080 g/mol. The highest BCUT2D eigenvalue weighted by Crippen LogP contribution is 2.39. The van der Waals surface area contributed by atoms with E-state index in [9.17, 15) is 66.2 Å². The van der Waals surface area contributed by atoms with Crippen molar-refractivity contribution >= 4 is 145 Å². The predicted octanol–water partition coefficient (Wildman–Crippen LogP) is 22.8. The SMILES string of the molecule is CC(C)(C(=O)CCc1ccc(F)cc1)N(C(=O)CCl)c1ccc(F)cc1.CC(C)(C)NC(=O)C(c1ccc(Cl)cc1)N(Cc1ccco1)C(=O)CCl.CC(C)(C)NC(=O)C(c1ccc(O)cc1)N(Cc1ccc2c(c1)OCO2)C(=O)CCl.COc1ccc(CCC(=O)C(C)(C)N(C(=O)CCl)c2ccc(F)cc2)cc1.COc1ccc(CCC(=O)C(C)(C)N(C(=O)CCl)c2ccc(Oc3ccccc3)cc2C)cc1. The number of nitrogens with zero attached hydrogens (tertiary/aromatic N) is 5. The van der Waals surface area contributed by atoms with Gasteiger partial charge in [-0.15, -0.1) is 58.0 Å². The Morgan fingerprint density at radius 3 is 1.16 bits per heavy atom. The van der Waals surface area contributed by atoms with Gasteiger partial charge in [0.05, 0.1) is 27.0 Å². The summed E-state index contributed by atoms with van der Waals surface area (Å²) in [5, 5.41) is 16.1. The van der Waals surface area contributed by atoms with Crippen molar-refractivity contribution in [2.45, 2.75) is 181 Å². The van der Waals surface area contributed by atoms with Crippen LogP contribution < -0.4 is 49.0 Å². The molecule has 0 saturated carbocycles. The number of benzene rings is 10. The Kier molecular flexibility index (Phi) is 43.6. The van der Waals surface area contributed by atoms with E-state index in [2.05, 4.69) is 10.6 Å². The number of aryl methyl sites for hydroxylation is 4. The van der Waals surface area contributed by atoms with Crippen molar-refractivity contribution in [3.8, 4) is 40.2 Å². The van der Waals surface area contributed by atoms with Crippen molar-refractivity contribution < 1.29 is 94.3 Å². The second-order valence-corrected chi connectivity index (χ2v) is 38.5. The van der Waals surface area contributed by atoms with Gasteiger partial charge in [-0.3, -0.25) is 62.6 Å². The fourth-order valence-corrected chi connectivity index (χ4v) is 16.1. The van der Waals surface area contributed by atoms with E-state index < -0.39 is 69.1 Å². The predicted molar refractivity (Wildman–Crippen MR) is 554 cm³/mol. The first-order valence-corrected chi connectivity index (χ1v) is 48.7. The summed E-state index contributed by atoms with van der Waals surface area (Å²) >= 11 is 35.1. The maximum Gasteiger partial charge on any atom is 0.247 e. The molecule has 2 unspecified atom stereocenters. The number of ether oxygens (including phenoxy) is 5. The molecule has 1 aliphatic heterocycles. The molecule has 10 aromatic carbocycles. The zero-order chi connectivity index (χ0) is 105. The van der Waals surface area contributed by atoms with Crippen LogP contribution in [0.5, 0.6) is 40.2 Å². The number of alkyl halides is 5. The zero-order valence-electron chi connectivity index (χ0n) is 82.4. The van der Waals surface area contributed by atoms with Gasteiger partial charge >= 0.3 is 0 Å². The number of aromatic hydroxyl groups is 1. The summed E-state index contributed by atoms with van der Waals surface area (Å²) in [5.41, 5.74) is 2.79. The van der Waals surface area contributed by atoms with Crippen molar-refractivity contribution in [2.75, 3.05) is 65.1 Å². The minimum Gasteiger partial charge on any atom is -0.508 e. The lowest BCUT2D eigenvalue weighted by molar-refractivity contribution is -0.140. The average molecular weight is 2080 g/mol. The molecule has 7 amide bonds. The van der Waals surface area contributed by atoms with Crippen LogP contribution >= 0.6 is 69.6 Å². The van der Waals surface area contributed by atoms with Crippen LogP contribution in [0.3, 0.4) is 0 Å². The number of rotatable bonds is 37. The van der Waals surface area contributed by atoms with Crippen LogP contribution in [0, 0.1) is 24.4 Å². The Morgan fingerprint density at radius 1 is 0.399 bits per heavy atom. The van der Waals surface area contributed by atoms with Gasteiger partial charge in [0, 0.05) is 59.0 Å². The fourth-order valence-electron chi connectivity index (χ4n) is 15.3. The Balaban J connectivity index is 0.000000219. The fraction of sp³-hybridized carbons (Fsp3) is 0.327. The number of para-hydroxylation sites is 1. The summed E-state index contributed by atoms with van der Waals surface area (Å²) in [7, 11) is 3.21. The number of anilines is 3. The molecule has 0 spiro atoms. The van der Waals surface area contributed by atoms with Gasteiger partial charge in [-0.2, -0.15) is 0 Å². The maximum absolute atomic E-state index is 13.3. The number of methoxy groups -OCH3 is 2. The molecule has 0 bridgehead atoms. The van der Waals surface area contributed by atoms with Gasteiger partial charge in [0.2, 0.25) is 48.1 Å². The minimum absolute atomic E-state index is 0.0502. The number of phenolic OH excluding ortho intramolecular Hbond substituents is 1. The lowest BCUT2D eigenvalue weighted by Crippen LogP contribution is -2.54. The number of ketones is 3. The van der Waals surface area contributed by atoms with Gasteiger partial charge < -0.3 is 53.6 Å². The summed E-state index contributed by atoms with van der Waals surface area (Å²) in [6.45, 7) is 23.7. The van der Waals surface area contributed by atoms with Gasteiger partial charge in [0.1, 0.15) is 110 Å². The largest absolute Gasteiger partial charge is 0.508 e. The van der Waals surface area contributed by atoms with E-state index >= 15 is 0 Å². The highest BCUT2D eigenvalue weighted by molar-refractivity contribution is 6.32. The first-order chi connectivity index (χ1) is 67.7. The number of phenols is 1. The van der Waals surface area contributed by atoms with E-state index in [0.29, 0.717) is 81.9 Å². The van der Waals surface area contributed by atoms with Crippen molar-refractivity contribution in [1.82, 2.24) is 20.4 Å². The first kappa shape index (κ1) is 115. The molecule has 33 heteroatoms. The van der Waals surface area contributed by atoms with E-state index in [1.54, 1.807) is 141 Å². The van der Waals surface area contributed by atoms with Gasteiger partial charge in [0.15, 0.2) is 28.8 Å². The molecule has 0 aliphatic carbocycles. The second-order valence-electron chi connectivity index (χ2n) is 36.7. The van der Waals surface area contributed by atoms with E-state index in [1.165, 1.54) is 104 Å². The summed E-state index contributed by atoms with van der Waals surface area (Å²) in [6.07, 6.45) is 3.77. The highest BCUT2D eigenvalue weighted by Gasteiger charge is 2.43. The number of halogens is 9. The molecule has 11 aromatic rings. The molecule has 0 radical (unpaired) electrons. The molecule has 2 atom stereocenters. The second kappa shape index (κ2) is 54.0. The van der Waals surface area contributed by atoms with Crippen molar-refractivity contribution in [2.24, 2.45) is 0 Å². The summed E-state index contributed by atoms with van der Waals surface area (Å²) in [4.78, 5) is 135. The molecule has 760 valence electrons. The number of carbonyl (C=O) groups is 10. The summed E-state index contributed by atoms with van der Waals surface area (Å²) in [6, 6.07) is 66.8. The number of amides is 7. The maximum atomic E-state index is 13.3. The Hall–Kier alpha value is -12.9. The number of hydrogen-bond acceptors (Lipinski definition) is 17. The van der Waals surface area contributed by atoms with Crippen LogP contribution in [-0.4, -0.2) is 152 Å². The topological polar surface area (TPSA) is 290 Å². The number of nitrogens with one attached hydrogen (secondary N) is 2. The Labute approximate surface area is 863 Å². The first-order valence-electron chi connectivity index (χ1n) is 45.6. The Bertz CT molecular complexity index is 6060. The van der Waals surface area contributed by atoms with Crippen LogP contribution in [-0.2, 0) is 80.3 Å². The van der Waals surface area contributed by atoms with E-state index in [-0.39, 0.29) is 115 Å². The van der Waals surface area contributed by atoms with Crippen LogP contribution in [0.2, 0.25) is 5.02 Å². The van der Waals surface area contributed by atoms with Gasteiger partial charge in [-0.1, -0.05) is 96.5 Å². The minimum atomic E-state index is -1.16. The molecule has 2 heterocycles. The smallest absolute Gasteiger partial charge is 0.247 e. The lowest BCUT2D eigenvalue weighted by Gasteiger charge is -2.38. The molecule has 3 N–H and O–H groups in total. The molecule has 24 nitrogen and oxygen atoms in total. The standard InChI is InChI=1S/C28H30ClNO4.C22H25ClN2O5.C21H23ClFNO3.C20H20ClF2NO2.C19H22Cl2N2O3/c1-20-18-24(34-23-8-6-5-7-9-23)15-16-25(20)30(27(32)19-29)28(2,3)26(31)17-12-21-10-13-22(33-4)14-11-21;1-22(2,3)24-21(28)20(15-5-7-16(26)8-6-15)25(19(27)11-23)12-14-4-9-17-18(10-14)30-13-29-17;1-21(2,19(25)13-6-15-4-11-18(27-3)12-5-15)24(20(26)14-22)17-9-7-16(23)8-10-17;1-20(2,18(25)12-5-14-3-6-15(22)7-4-14)24(19(26)13-21)17-10-8-16(23)9-11-17;1-19(2,3)22-18(25)17(13-6-8-14(21)9-7-13)23(16(24)11-20)12-15-5-4-10-26-15/h5-11,13-16,18H,12,17,19H2,1-4H3;4-10,20,26H,11-13H2,1-3H3,(H,24,28);4-5,7-12H,6,13-14H2,1-3H3;3-4,6-11H,5,12-13H2,1-2H3;4-10,17H,11-12H2,1-3H3,(H,22,25). The summed E-state index contributed by atoms with van der Waals surface area (Å²) in [5.74, 6) is -0.691. The molecular formula is C110H120Cl6F3N7O17. The van der Waals surface area contributed by atoms with E-state index in [4.69, 9.17) is 97.7 Å². The Morgan fingerprint density at radius 2 is 0.769 bits per heavy atom. The quantitative estimate of drug-likeness (QED) is 0.0305. The van der Waals surface area contributed by atoms with E-state index in [1.807, 2.05) is 139 Å². The number of furan rings is 1. The third kappa shape index (κ3) is 34.2. The van der Waals surface area contributed by atoms with Crippen molar-refractivity contribution in [1.29, 1.82) is 0 Å². The van der Waals surface area contributed by atoms with E-state index in [0.717, 1.165) is 45.1 Å². The summed E-state index contributed by atoms with van der Waals surface area (Å²) < 4.78 is 71.8. The van der Waals surface area contributed by atoms with Crippen LogP contribution in [0.4, 0.5) is 30.2 Å². The third-order valence-corrected chi connectivity index (χ3v) is 24.0. The lowest BCUT2D eigenvalue weighted by atomic mass is 9.90. The molecule has 1 aliphatic rings. The van der Waals surface area contributed by atoms with Gasteiger partial charge in [-0.05, 0) is 312 Å². The highest BCUT2D eigenvalue weighted by atomic mass is 35.5. The van der Waals surface area contributed by atoms with Gasteiger partial charge in [0.25, 0.3) is 0 Å². The van der Waals surface area contributed by atoms with Crippen LogP contribution in [0.25, 0.3) is 0 Å². The zero-order valence-corrected chi connectivity index (χ0v) is 87.0. The number of carbonyl (C=O) groups excluding carboxylic acids is 10. The molecule has 1 aromatic heterocycles. The molecular weight excluding hydrogens is 1960 g/mol. The average Bonchev–Trinajstić information content (AvgIpc) is 1.22. The number of fused-ring (bicyclic) bond motifs is 1. The van der Waals surface area contributed by atoms with Crippen LogP contribution in [0.15, 0.2) is 259 Å². The van der Waals surface area contributed by atoms with Crippen LogP contribution in [0.1, 0.15) is 159 Å². The molecule has 12 rings (SSSR count). The number of hydrogen-bond donors (Lipinski definition) is 3.